The average molecular weight is 489 g/mol. The second-order valence-electron chi connectivity index (χ2n) is 8.56. The van der Waals surface area contributed by atoms with Crippen LogP contribution in [0.15, 0.2) is 35.5 Å². The molecule has 0 radical (unpaired) electrons. The fraction of sp³-hybridized carbons (Fsp3) is 0.522. The Hall–Kier alpha value is -2.76. The number of sulfone groups is 1. The number of nitrogens with one attached hydrogen (secondary N) is 3. The van der Waals surface area contributed by atoms with Gasteiger partial charge in [0.2, 0.25) is 11.8 Å². The molecule has 3 aromatic rings. The largest absolute Gasteiger partial charge is 0.476 e. The van der Waals surface area contributed by atoms with Gasteiger partial charge in [-0.3, -0.25) is 0 Å². The molecule has 0 aliphatic heterocycles. The first-order chi connectivity index (χ1) is 16.5. The summed E-state index contributed by atoms with van der Waals surface area (Å²) in [6.07, 6.45) is 8.29. The molecule has 1 fully saturated rings. The van der Waals surface area contributed by atoms with Crippen LogP contribution < -0.4 is 15.4 Å². The number of fused-ring (bicyclic) bond motifs is 1. The van der Waals surface area contributed by atoms with Crippen LogP contribution in [0.2, 0.25) is 0 Å². The maximum absolute atomic E-state index is 12.5. The van der Waals surface area contributed by atoms with E-state index in [2.05, 4.69) is 30.6 Å². The van der Waals surface area contributed by atoms with E-state index < -0.39 is 9.84 Å². The van der Waals surface area contributed by atoms with Crippen LogP contribution in [0.3, 0.4) is 0 Å². The lowest BCUT2D eigenvalue weighted by molar-refractivity contribution is 0.205. The van der Waals surface area contributed by atoms with Gasteiger partial charge in [-0.05, 0) is 56.0 Å². The maximum Gasteiger partial charge on any atom is 0.247 e. The van der Waals surface area contributed by atoms with Gasteiger partial charge in [-0.25, -0.2) is 13.4 Å². The molecule has 1 aliphatic carbocycles. The Morgan fingerprint density at radius 2 is 1.88 bits per heavy atom. The van der Waals surface area contributed by atoms with Gasteiger partial charge in [-0.1, -0.05) is 19.3 Å². The number of aromatic amines is 1. The minimum Gasteiger partial charge on any atom is -0.476 e. The number of hydrogen-bond donors (Lipinski definition) is 4. The van der Waals surface area contributed by atoms with Crippen molar-refractivity contribution in [2.24, 2.45) is 5.92 Å². The number of anilines is 2. The molecule has 0 unspecified atom stereocenters. The molecule has 11 heteroatoms. The van der Waals surface area contributed by atoms with Gasteiger partial charge in [0, 0.05) is 18.8 Å². The zero-order valence-electron chi connectivity index (χ0n) is 19.2. The molecule has 2 aromatic heterocycles. The molecule has 2 heterocycles. The number of rotatable bonds is 12. The molecular weight excluding hydrogens is 456 g/mol. The van der Waals surface area contributed by atoms with Crippen LogP contribution in [-0.4, -0.2) is 65.5 Å². The van der Waals surface area contributed by atoms with E-state index in [4.69, 9.17) is 9.84 Å². The fourth-order valence-corrected chi connectivity index (χ4v) is 5.24. The lowest BCUT2D eigenvalue weighted by Crippen LogP contribution is -2.24. The molecule has 1 aromatic carbocycles. The van der Waals surface area contributed by atoms with Crippen molar-refractivity contribution >= 4 is 32.6 Å². The predicted molar refractivity (Wildman–Crippen MR) is 130 cm³/mol. The molecule has 4 rings (SSSR count). The zero-order valence-corrected chi connectivity index (χ0v) is 20.0. The highest BCUT2D eigenvalue weighted by atomic mass is 32.2. The standard InChI is InChI=1S/C23H32N6O4S/c30-13-4-11-24-12-14-34(31,32)19-9-7-18(8-10-19)27-23-28-21-20(25-16-26-21)22(29-23)33-15-17-5-2-1-3-6-17/h7-10,16-17,24,30H,1-6,11-15H2,(H2,25,26,27,28,29). The van der Waals surface area contributed by atoms with Crippen molar-refractivity contribution in [1.82, 2.24) is 25.3 Å². The number of hydrogen-bond acceptors (Lipinski definition) is 9. The number of imidazole rings is 1. The van der Waals surface area contributed by atoms with Crippen molar-refractivity contribution in [3.8, 4) is 5.88 Å². The predicted octanol–water partition coefficient (Wildman–Crippen LogP) is 2.80. The van der Waals surface area contributed by atoms with Gasteiger partial charge in [-0.15, -0.1) is 0 Å². The van der Waals surface area contributed by atoms with Gasteiger partial charge in [0.1, 0.15) is 0 Å². The number of ether oxygens (including phenoxy) is 1. The van der Waals surface area contributed by atoms with Crippen LogP contribution in [0.5, 0.6) is 5.88 Å². The second kappa shape index (κ2) is 11.6. The zero-order chi connectivity index (χ0) is 23.8. The summed E-state index contributed by atoms with van der Waals surface area (Å²) >= 11 is 0. The Balaban J connectivity index is 1.41. The highest BCUT2D eigenvalue weighted by Gasteiger charge is 2.18. The van der Waals surface area contributed by atoms with Crippen LogP contribution in [-0.2, 0) is 9.84 Å². The molecule has 10 nitrogen and oxygen atoms in total. The molecule has 4 N–H and O–H groups in total. The Morgan fingerprint density at radius 1 is 1.09 bits per heavy atom. The van der Waals surface area contributed by atoms with Crippen LogP contribution in [0.4, 0.5) is 11.6 Å². The molecule has 0 saturated heterocycles. The quantitative estimate of drug-likeness (QED) is 0.283. The van der Waals surface area contributed by atoms with Crippen molar-refractivity contribution < 1.29 is 18.3 Å². The maximum atomic E-state index is 12.5. The Bertz CT molecular complexity index is 1160. The minimum atomic E-state index is -3.40. The third-order valence-corrected chi connectivity index (χ3v) is 7.69. The normalized spacial score (nSPS) is 15.0. The van der Waals surface area contributed by atoms with Crippen molar-refractivity contribution in [1.29, 1.82) is 0 Å². The average Bonchev–Trinajstić information content (AvgIpc) is 3.32. The van der Waals surface area contributed by atoms with Gasteiger partial charge >= 0.3 is 0 Å². The minimum absolute atomic E-state index is 0.00744. The van der Waals surface area contributed by atoms with Crippen molar-refractivity contribution in [2.45, 2.75) is 43.4 Å². The van der Waals surface area contributed by atoms with E-state index in [0.717, 1.165) is 0 Å². The number of aliphatic hydroxyl groups excluding tert-OH is 1. The Kier molecular flexibility index (Phi) is 8.30. The molecule has 0 atom stereocenters. The summed E-state index contributed by atoms with van der Waals surface area (Å²) < 4.78 is 31.1. The summed E-state index contributed by atoms with van der Waals surface area (Å²) in [4.78, 5) is 16.5. The van der Waals surface area contributed by atoms with E-state index in [-0.39, 0.29) is 17.3 Å². The number of nitrogens with zero attached hydrogens (tertiary/aromatic N) is 3. The number of aromatic nitrogens is 4. The van der Waals surface area contributed by atoms with Gasteiger partial charge in [0.25, 0.3) is 0 Å². The van der Waals surface area contributed by atoms with Gasteiger partial charge in [0.05, 0.1) is 23.6 Å². The SMILES string of the molecule is O=S(=O)(CCNCCCO)c1ccc(Nc2nc(OCC3CCCCC3)c3nc[nH]c3n2)cc1. The van der Waals surface area contributed by atoms with E-state index in [9.17, 15) is 8.42 Å². The summed E-state index contributed by atoms with van der Waals surface area (Å²) in [6, 6.07) is 6.52. The fourth-order valence-electron chi connectivity index (χ4n) is 4.04. The summed E-state index contributed by atoms with van der Waals surface area (Å²) in [5.41, 5.74) is 1.83. The molecule has 0 amide bonds. The highest BCUT2D eigenvalue weighted by molar-refractivity contribution is 7.91. The third-order valence-electron chi connectivity index (χ3n) is 5.96. The van der Waals surface area contributed by atoms with Crippen LogP contribution >= 0.6 is 0 Å². The first kappa shape index (κ1) is 24.4. The van der Waals surface area contributed by atoms with Crippen LogP contribution in [0.25, 0.3) is 11.2 Å². The van der Waals surface area contributed by atoms with E-state index in [1.165, 1.54) is 32.1 Å². The van der Waals surface area contributed by atoms with Crippen molar-refractivity contribution in [3.05, 3.63) is 30.6 Å². The van der Waals surface area contributed by atoms with Crippen molar-refractivity contribution in [2.75, 3.05) is 37.4 Å². The highest BCUT2D eigenvalue weighted by Crippen LogP contribution is 2.27. The molecule has 1 saturated carbocycles. The number of aliphatic hydroxyl groups is 1. The summed E-state index contributed by atoms with van der Waals surface area (Å²) in [6.45, 7) is 1.62. The summed E-state index contributed by atoms with van der Waals surface area (Å²) in [5.74, 6) is 1.31. The summed E-state index contributed by atoms with van der Waals surface area (Å²) in [5, 5.41) is 14.9. The van der Waals surface area contributed by atoms with Gasteiger partial charge in [0.15, 0.2) is 21.0 Å². The molecule has 184 valence electrons. The Labute approximate surface area is 199 Å². The topological polar surface area (TPSA) is 142 Å². The van der Waals surface area contributed by atoms with E-state index in [1.54, 1.807) is 30.6 Å². The molecule has 34 heavy (non-hydrogen) atoms. The molecule has 0 bridgehead atoms. The molecular formula is C23H32N6O4S. The molecule has 1 aliphatic rings. The number of benzene rings is 1. The van der Waals surface area contributed by atoms with Crippen LogP contribution in [0.1, 0.15) is 38.5 Å². The third kappa shape index (κ3) is 6.43. The second-order valence-corrected chi connectivity index (χ2v) is 10.7. The monoisotopic (exact) mass is 488 g/mol. The molecule has 0 spiro atoms. The van der Waals surface area contributed by atoms with Gasteiger partial charge in [-0.2, -0.15) is 9.97 Å². The summed E-state index contributed by atoms with van der Waals surface area (Å²) in [7, 11) is -3.40. The lowest BCUT2D eigenvalue weighted by Gasteiger charge is -2.21. The van der Waals surface area contributed by atoms with E-state index >= 15 is 0 Å². The first-order valence-corrected chi connectivity index (χ1v) is 13.5. The lowest BCUT2D eigenvalue weighted by atomic mass is 9.90. The first-order valence-electron chi connectivity index (χ1n) is 11.8. The Morgan fingerprint density at radius 3 is 2.65 bits per heavy atom. The van der Waals surface area contributed by atoms with Crippen LogP contribution in [0, 0.1) is 5.92 Å². The number of H-pyrrole nitrogens is 1. The van der Waals surface area contributed by atoms with Gasteiger partial charge < -0.3 is 25.5 Å². The van der Waals surface area contributed by atoms with E-state index in [1.807, 2.05) is 0 Å². The van der Waals surface area contributed by atoms with E-state index in [0.29, 0.717) is 60.7 Å². The van der Waals surface area contributed by atoms with Crippen molar-refractivity contribution in [3.63, 3.8) is 0 Å². The smallest absolute Gasteiger partial charge is 0.247 e.